The van der Waals surface area contributed by atoms with Crippen molar-refractivity contribution in [3.05, 3.63) is 41.7 Å². The van der Waals surface area contributed by atoms with Crippen LogP contribution in [0.3, 0.4) is 0 Å². The lowest BCUT2D eigenvalue weighted by molar-refractivity contribution is 0.0702. The standard InChI is InChI=1S/C15H19N5O/c1-11-4-6-13(7-5-11)20-10-14(17-18-20)15(21)19-8-2-3-12(16)9-19/h4-7,10,12H,2-3,8-9,16H2,1H3. The molecular weight excluding hydrogens is 266 g/mol. The summed E-state index contributed by atoms with van der Waals surface area (Å²) in [6.45, 7) is 3.36. The highest BCUT2D eigenvalue weighted by molar-refractivity contribution is 5.92. The number of likely N-dealkylation sites (tertiary alicyclic amines) is 1. The summed E-state index contributed by atoms with van der Waals surface area (Å²) in [6, 6.07) is 7.98. The number of aromatic nitrogens is 3. The first-order chi connectivity index (χ1) is 10.1. The Balaban J connectivity index is 1.78. The van der Waals surface area contributed by atoms with E-state index >= 15 is 0 Å². The molecule has 1 unspecified atom stereocenters. The summed E-state index contributed by atoms with van der Waals surface area (Å²) >= 11 is 0. The summed E-state index contributed by atoms with van der Waals surface area (Å²) in [5.41, 5.74) is 8.35. The number of benzene rings is 1. The zero-order valence-corrected chi connectivity index (χ0v) is 12.1. The smallest absolute Gasteiger partial charge is 0.276 e. The molecule has 110 valence electrons. The van der Waals surface area contributed by atoms with Gasteiger partial charge in [-0.05, 0) is 31.9 Å². The van der Waals surface area contributed by atoms with Crippen LogP contribution >= 0.6 is 0 Å². The molecule has 2 heterocycles. The first-order valence-electron chi connectivity index (χ1n) is 7.18. The van der Waals surface area contributed by atoms with Gasteiger partial charge in [0, 0.05) is 19.1 Å². The fourth-order valence-corrected chi connectivity index (χ4v) is 2.54. The molecule has 1 aromatic heterocycles. The number of nitrogens with zero attached hydrogens (tertiary/aromatic N) is 4. The molecule has 1 amide bonds. The number of nitrogens with two attached hydrogens (primary N) is 1. The molecule has 6 heteroatoms. The van der Waals surface area contributed by atoms with Gasteiger partial charge in [0.15, 0.2) is 5.69 Å². The average Bonchev–Trinajstić information content (AvgIpc) is 2.97. The summed E-state index contributed by atoms with van der Waals surface area (Å²) in [7, 11) is 0. The van der Waals surface area contributed by atoms with Crippen LogP contribution < -0.4 is 5.73 Å². The Bertz CT molecular complexity index is 634. The number of hydrogen-bond acceptors (Lipinski definition) is 4. The zero-order chi connectivity index (χ0) is 14.8. The molecule has 2 N–H and O–H groups in total. The molecule has 2 aromatic rings. The molecule has 1 aromatic carbocycles. The third-order valence-electron chi connectivity index (χ3n) is 3.76. The Morgan fingerprint density at radius 2 is 2.10 bits per heavy atom. The molecule has 0 bridgehead atoms. The first kappa shape index (κ1) is 13.8. The molecular formula is C15H19N5O. The zero-order valence-electron chi connectivity index (χ0n) is 12.1. The van der Waals surface area contributed by atoms with Crippen molar-refractivity contribution in [3.8, 4) is 5.69 Å². The molecule has 6 nitrogen and oxygen atoms in total. The van der Waals surface area contributed by atoms with Crippen LogP contribution in [0.1, 0.15) is 28.9 Å². The summed E-state index contributed by atoms with van der Waals surface area (Å²) < 4.78 is 1.62. The summed E-state index contributed by atoms with van der Waals surface area (Å²) in [5, 5.41) is 8.04. The van der Waals surface area contributed by atoms with Gasteiger partial charge in [-0.3, -0.25) is 4.79 Å². The van der Waals surface area contributed by atoms with E-state index in [0.717, 1.165) is 25.1 Å². The fraction of sp³-hybridized carbons (Fsp3) is 0.400. The molecule has 1 saturated heterocycles. The minimum Gasteiger partial charge on any atom is -0.336 e. The quantitative estimate of drug-likeness (QED) is 0.897. The van der Waals surface area contributed by atoms with Crippen molar-refractivity contribution in [2.24, 2.45) is 5.73 Å². The van der Waals surface area contributed by atoms with E-state index in [-0.39, 0.29) is 11.9 Å². The lowest BCUT2D eigenvalue weighted by atomic mass is 10.1. The second-order valence-corrected chi connectivity index (χ2v) is 5.54. The fourth-order valence-electron chi connectivity index (χ4n) is 2.54. The largest absolute Gasteiger partial charge is 0.336 e. The van der Waals surface area contributed by atoms with Gasteiger partial charge in [0.05, 0.1) is 11.9 Å². The number of piperidine rings is 1. The molecule has 1 aliphatic rings. The third-order valence-corrected chi connectivity index (χ3v) is 3.76. The minimum absolute atomic E-state index is 0.0647. The number of amides is 1. The predicted octanol–water partition coefficient (Wildman–Crippen LogP) is 1.14. The van der Waals surface area contributed by atoms with Crippen LogP contribution in [-0.2, 0) is 0 Å². The van der Waals surface area contributed by atoms with E-state index in [1.165, 1.54) is 5.56 Å². The number of hydrogen-bond donors (Lipinski definition) is 1. The Morgan fingerprint density at radius 3 is 2.81 bits per heavy atom. The van der Waals surface area contributed by atoms with E-state index in [1.54, 1.807) is 15.8 Å². The van der Waals surface area contributed by atoms with E-state index < -0.39 is 0 Å². The molecule has 3 rings (SSSR count). The molecule has 0 aliphatic carbocycles. The van der Waals surface area contributed by atoms with E-state index in [4.69, 9.17) is 5.73 Å². The van der Waals surface area contributed by atoms with Crippen LogP contribution in [0.4, 0.5) is 0 Å². The number of rotatable bonds is 2. The highest BCUT2D eigenvalue weighted by Gasteiger charge is 2.24. The van der Waals surface area contributed by atoms with Crippen molar-refractivity contribution < 1.29 is 4.79 Å². The van der Waals surface area contributed by atoms with Crippen molar-refractivity contribution in [2.75, 3.05) is 13.1 Å². The lowest BCUT2D eigenvalue weighted by Gasteiger charge is -2.29. The van der Waals surface area contributed by atoms with E-state index in [2.05, 4.69) is 10.3 Å². The monoisotopic (exact) mass is 285 g/mol. The summed E-state index contributed by atoms with van der Waals surface area (Å²) in [5.74, 6) is -0.0940. The maximum absolute atomic E-state index is 12.4. The Morgan fingerprint density at radius 1 is 1.33 bits per heavy atom. The SMILES string of the molecule is Cc1ccc(-n2cc(C(=O)N3CCCC(N)C3)nn2)cc1. The molecule has 0 saturated carbocycles. The van der Waals surface area contributed by atoms with E-state index in [1.807, 2.05) is 31.2 Å². The van der Waals surface area contributed by atoms with Crippen LogP contribution in [0, 0.1) is 6.92 Å². The lowest BCUT2D eigenvalue weighted by Crippen LogP contribution is -2.45. The normalized spacial score (nSPS) is 18.8. The summed E-state index contributed by atoms with van der Waals surface area (Å²) in [6.07, 6.45) is 3.59. The van der Waals surface area contributed by atoms with Gasteiger partial charge in [0.25, 0.3) is 5.91 Å². The third kappa shape index (κ3) is 2.95. The Kier molecular flexibility index (Phi) is 3.70. The Hall–Kier alpha value is -2.21. The van der Waals surface area contributed by atoms with Crippen LogP contribution in [0.5, 0.6) is 0 Å². The topological polar surface area (TPSA) is 77.0 Å². The molecule has 1 fully saturated rings. The second-order valence-electron chi connectivity index (χ2n) is 5.54. The van der Waals surface area contributed by atoms with Crippen molar-refractivity contribution in [1.82, 2.24) is 19.9 Å². The molecule has 1 aliphatic heterocycles. The van der Waals surface area contributed by atoms with Gasteiger partial charge in [0.1, 0.15) is 0 Å². The van der Waals surface area contributed by atoms with Crippen LogP contribution in [0.15, 0.2) is 30.5 Å². The van der Waals surface area contributed by atoms with E-state index in [9.17, 15) is 4.79 Å². The van der Waals surface area contributed by atoms with Gasteiger partial charge in [-0.25, -0.2) is 4.68 Å². The van der Waals surface area contributed by atoms with Gasteiger partial charge in [0.2, 0.25) is 0 Å². The van der Waals surface area contributed by atoms with Crippen LogP contribution in [0.25, 0.3) is 5.69 Å². The van der Waals surface area contributed by atoms with Crippen molar-refractivity contribution in [1.29, 1.82) is 0 Å². The van der Waals surface area contributed by atoms with Crippen molar-refractivity contribution >= 4 is 5.91 Å². The number of carbonyl (C=O) groups excluding carboxylic acids is 1. The van der Waals surface area contributed by atoms with Gasteiger partial charge in [-0.15, -0.1) is 5.10 Å². The van der Waals surface area contributed by atoms with E-state index in [0.29, 0.717) is 12.2 Å². The van der Waals surface area contributed by atoms with Gasteiger partial charge < -0.3 is 10.6 Å². The minimum atomic E-state index is -0.0940. The van der Waals surface area contributed by atoms with Gasteiger partial charge in [-0.2, -0.15) is 0 Å². The average molecular weight is 285 g/mol. The molecule has 0 radical (unpaired) electrons. The highest BCUT2D eigenvalue weighted by Crippen LogP contribution is 2.13. The Labute approximate surface area is 123 Å². The predicted molar refractivity (Wildman–Crippen MR) is 79.2 cm³/mol. The molecule has 0 spiro atoms. The maximum Gasteiger partial charge on any atom is 0.276 e. The number of carbonyl (C=O) groups is 1. The first-order valence-corrected chi connectivity index (χ1v) is 7.18. The summed E-state index contributed by atoms with van der Waals surface area (Å²) in [4.78, 5) is 14.2. The van der Waals surface area contributed by atoms with Gasteiger partial charge in [-0.1, -0.05) is 22.9 Å². The second kappa shape index (κ2) is 5.65. The van der Waals surface area contributed by atoms with Crippen LogP contribution in [-0.4, -0.2) is 44.9 Å². The maximum atomic E-state index is 12.4. The highest BCUT2D eigenvalue weighted by atomic mass is 16.2. The molecule has 21 heavy (non-hydrogen) atoms. The van der Waals surface area contributed by atoms with Crippen molar-refractivity contribution in [3.63, 3.8) is 0 Å². The van der Waals surface area contributed by atoms with Gasteiger partial charge >= 0.3 is 0 Å². The van der Waals surface area contributed by atoms with Crippen molar-refractivity contribution in [2.45, 2.75) is 25.8 Å². The molecule has 1 atom stereocenters. The van der Waals surface area contributed by atoms with Crippen LogP contribution in [0.2, 0.25) is 0 Å². The number of aryl methyl sites for hydroxylation is 1.